The molecule has 0 saturated carbocycles. The Hall–Kier alpha value is -0.590. The van der Waals surface area contributed by atoms with E-state index in [1.54, 1.807) is 0 Å². The Morgan fingerprint density at radius 3 is 2.36 bits per heavy atom. The van der Waals surface area contributed by atoms with Gasteiger partial charge in [-0.05, 0) is 19.5 Å². The van der Waals surface area contributed by atoms with Gasteiger partial charge in [-0.15, -0.1) is 0 Å². The van der Waals surface area contributed by atoms with E-state index < -0.39 is 0 Å². The molecular formula is C11H23N3. The fourth-order valence-electron chi connectivity index (χ4n) is 1.36. The summed E-state index contributed by atoms with van der Waals surface area (Å²) in [5.74, 6) is 0.714. The highest BCUT2D eigenvalue weighted by Crippen LogP contribution is 2.04. The van der Waals surface area contributed by atoms with Crippen LogP contribution < -0.4 is 5.32 Å². The maximum atomic E-state index is 8.82. The molecule has 0 saturated heterocycles. The summed E-state index contributed by atoms with van der Waals surface area (Å²) in [6.07, 6.45) is 1.20. The second-order valence-corrected chi connectivity index (χ2v) is 3.84. The molecule has 0 amide bonds. The minimum Gasteiger partial charge on any atom is -0.304 e. The van der Waals surface area contributed by atoms with Crippen molar-refractivity contribution in [2.24, 2.45) is 5.92 Å². The third-order valence-corrected chi connectivity index (χ3v) is 2.66. The molecule has 0 spiro atoms. The summed E-state index contributed by atoms with van der Waals surface area (Å²) in [4.78, 5) is 2.33. The van der Waals surface area contributed by atoms with Gasteiger partial charge in [0.1, 0.15) is 6.04 Å². The molecule has 0 aliphatic heterocycles. The van der Waals surface area contributed by atoms with Crippen LogP contribution in [-0.2, 0) is 0 Å². The molecule has 0 aromatic heterocycles. The molecule has 82 valence electrons. The monoisotopic (exact) mass is 197 g/mol. The van der Waals surface area contributed by atoms with Crippen molar-refractivity contribution in [3.63, 3.8) is 0 Å². The number of likely N-dealkylation sites (N-methyl/N-ethyl adjacent to an activating group) is 2. The van der Waals surface area contributed by atoms with Crippen molar-refractivity contribution in [3.8, 4) is 6.07 Å². The van der Waals surface area contributed by atoms with Crippen LogP contribution in [0.1, 0.15) is 27.2 Å². The summed E-state index contributed by atoms with van der Waals surface area (Å²) in [6, 6.07) is 2.21. The summed E-state index contributed by atoms with van der Waals surface area (Å²) in [7, 11) is 1.84. The number of nitriles is 1. The van der Waals surface area contributed by atoms with Crippen molar-refractivity contribution in [3.05, 3.63) is 0 Å². The molecule has 0 aromatic rings. The van der Waals surface area contributed by atoms with E-state index in [9.17, 15) is 0 Å². The highest BCUT2D eigenvalue weighted by atomic mass is 15.1. The average Bonchev–Trinajstić information content (AvgIpc) is 2.23. The third kappa shape index (κ3) is 5.21. The van der Waals surface area contributed by atoms with Gasteiger partial charge in [0.2, 0.25) is 0 Å². The van der Waals surface area contributed by atoms with Gasteiger partial charge in [-0.3, -0.25) is 0 Å². The van der Waals surface area contributed by atoms with Crippen molar-refractivity contribution in [1.82, 2.24) is 10.2 Å². The summed E-state index contributed by atoms with van der Waals surface area (Å²) >= 11 is 0. The van der Waals surface area contributed by atoms with Gasteiger partial charge < -0.3 is 10.2 Å². The maximum absolute atomic E-state index is 8.82. The van der Waals surface area contributed by atoms with Crippen LogP contribution in [0.15, 0.2) is 0 Å². The normalized spacial score (nSPS) is 15.1. The molecule has 0 aromatic carbocycles. The molecule has 2 unspecified atom stereocenters. The van der Waals surface area contributed by atoms with Crippen molar-refractivity contribution >= 4 is 0 Å². The largest absolute Gasteiger partial charge is 0.304 e. The van der Waals surface area contributed by atoms with Gasteiger partial charge in [-0.2, -0.15) is 5.26 Å². The molecule has 0 heterocycles. The van der Waals surface area contributed by atoms with Crippen LogP contribution in [0, 0.1) is 17.2 Å². The van der Waals surface area contributed by atoms with E-state index in [1.165, 1.54) is 6.42 Å². The zero-order valence-corrected chi connectivity index (χ0v) is 9.88. The lowest BCUT2D eigenvalue weighted by Gasteiger charge is -2.25. The summed E-state index contributed by atoms with van der Waals surface area (Å²) in [6.45, 7) is 9.54. The first-order chi connectivity index (χ1) is 6.67. The van der Waals surface area contributed by atoms with Crippen molar-refractivity contribution in [2.75, 3.05) is 26.7 Å². The molecule has 0 fully saturated rings. The van der Waals surface area contributed by atoms with Gasteiger partial charge in [0.05, 0.1) is 6.07 Å². The van der Waals surface area contributed by atoms with E-state index in [4.69, 9.17) is 5.26 Å². The van der Waals surface area contributed by atoms with E-state index in [0.29, 0.717) is 5.92 Å². The van der Waals surface area contributed by atoms with Crippen molar-refractivity contribution < 1.29 is 0 Å². The van der Waals surface area contributed by atoms with E-state index in [2.05, 4.69) is 37.1 Å². The Morgan fingerprint density at radius 2 is 2.00 bits per heavy atom. The Bertz CT molecular complexity index is 174. The van der Waals surface area contributed by atoms with E-state index in [0.717, 1.165) is 19.6 Å². The molecule has 0 aliphatic rings. The molecule has 1 N–H and O–H groups in total. The molecule has 0 rings (SSSR count). The van der Waals surface area contributed by atoms with Crippen molar-refractivity contribution in [1.29, 1.82) is 5.26 Å². The lowest BCUT2D eigenvalue weighted by Crippen LogP contribution is -2.40. The first kappa shape index (κ1) is 13.4. The lowest BCUT2D eigenvalue weighted by atomic mass is 10.1. The number of nitrogens with one attached hydrogen (secondary N) is 1. The van der Waals surface area contributed by atoms with Gasteiger partial charge in [0.25, 0.3) is 0 Å². The van der Waals surface area contributed by atoms with Crippen LogP contribution in [0.5, 0.6) is 0 Å². The van der Waals surface area contributed by atoms with E-state index >= 15 is 0 Å². The molecular weight excluding hydrogens is 174 g/mol. The first-order valence-corrected chi connectivity index (χ1v) is 5.47. The van der Waals surface area contributed by atoms with Crippen LogP contribution in [0.3, 0.4) is 0 Å². The summed E-state index contributed by atoms with van der Waals surface area (Å²) in [5, 5.41) is 11.8. The fourth-order valence-corrected chi connectivity index (χ4v) is 1.36. The molecule has 2 atom stereocenters. The zero-order chi connectivity index (χ0) is 11.0. The molecule has 3 nitrogen and oxygen atoms in total. The smallest absolute Gasteiger partial charge is 0.108 e. The molecule has 0 bridgehead atoms. The predicted molar refractivity (Wildman–Crippen MR) is 60.0 cm³/mol. The standard InChI is InChI=1S/C11H23N3/c1-5-10(3)8-14(6-2)9-11(7-12)13-4/h10-11,13H,5-6,8-9H2,1-4H3. The average molecular weight is 197 g/mol. The lowest BCUT2D eigenvalue weighted by molar-refractivity contribution is 0.235. The zero-order valence-electron chi connectivity index (χ0n) is 9.88. The quantitative estimate of drug-likeness (QED) is 0.671. The van der Waals surface area contributed by atoms with Gasteiger partial charge >= 0.3 is 0 Å². The van der Waals surface area contributed by atoms with Crippen LogP contribution >= 0.6 is 0 Å². The maximum Gasteiger partial charge on any atom is 0.108 e. The van der Waals surface area contributed by atoms with Crippen LogP contribution in [0.2, 0.25) is 0 Å². The highest BCUT2D eigenvalue weighted by Gasteiger charge is 2.12. The number of hydrogen-bond donors (Lipinski definition) is 1. The van der Waals surface area contributed by atoms with Crippen LogP contribution in [0.4, 0.5) is 0 Å². The Morgan fingerprint density at radius 1 is 1.36 bits per heavy atom. The molecule has 0 radical (unpaired) electrons. The molecule has 0 aliphatic carbocycles. The minimum atomic E-state index is -0.0426. The Labute approximate surface area is 88.1 Å². The highest BCUT2D eigenvalue weighted by molar-refractivity contribution is 4.91. The number of hydrogen-bond acceptors (Lipinski definition) is 3. The van der Waals surface area contributed by atoms with E-state index in [1.807, 2.05) is 7.05 Å². The van der Waals surface area contributed by atoms with E-state index in [-0.39, 0.29) is 6.04 Å². The van der Waals surface area contributed by atoms with Gasteiger partial charge in [0.15, 0.2) is 0 Å². The summed E-state index contributed by atoms with van der Waals surface area (Å²) in [5.41, 5.74) is 0. The van der Waals surface area contributed by atoms with Gasteiger partial charge in [0, 0.05) is 13.1 Å². The number of rotatable bonds is 7. The Kier molecular flexibility index (Phi) is 7.45. The Balaban J connectivity index is 3.96. The minimum absolute atomic E-state index is 0.0426. The van der Waals surface area contributed by atoms with Crippen molar-refractivity contribution in [2.45, 2.75) is 33.2 Å². The fraction of sp³-hybridized carbons (Fsp3) is 0.909. The van der Waals surface area contributed by atoms with Crippen LogP contribution in [-0.4, -0.2) is 37.6 Å². The first-order valence-electron chi connectivity index (χ1n) is 5.47. The topological polar surface area (TPSA) is 39.1 Å². The predicted octanol–water partition coefficient (Wildman–Crippen LogP) is 1.47. The second-order valence-electron chi connectivity index (χ2n) is 3.84. The SMILES string of the molecule is CCC(C)CN(CC)CC(C#N)NC. The molecule has 3 heteroatoms. The second kappa shape index (κ2) is 7.78. The van der Waals surface area contributed by atoms with Gasteiger partial charge in [-0.1, -0.05) is 27.2 Å². The van der Waals surface area contributed by atoms with Crippen LogP contribution in [0.25, 0.3) is 0 Å². The van der Waals surface area contributed by atoms with Gasteiger partial charge in [-0.25, -0.2) is 0 Å². The summed E-state index contributed by atoms with van der Waals surface area (Å²) < 4.78 is 0. The number of nitrogens with zero attached hydrogens (tertiary/aromatic N) is 2. The molecule has 14 heavy (non-hydrogen) atoms. The third-order valence-electron chi connectivity index (χ3n) is 2.66.